The van der Waals surface area contributed by atoms with Crippen LogP contribution in [0.4, 0.5) is 0 Å². The van der Waals surface area contributed by atoms with Crippen LogP contribution in [-0.2, 0) is 4.74 Å². The molecule has 0 saturated carbocycles. The third-order valence-corrected chi connectivity index (χ3v) is 4.18. The summed E-state index contributed by atoms with van der Waals surface area (Å²) in [6, 6.07) is 15.2. The lowest BCUT2D eigenvalue weighted by atomic mass is 10.0. The maximum absolute atomic E-state index is 12.3. The Hall–Kier alpha value is -2.95. The molecule has 0 aliphatic rings. The van der Waals surface area contributed by atoms with Crippen LogP contribution >= 0.6 is 0 Å². The van der Waals surface area contributed by atoms with Gasteiger partial charge in [0, 0.05) is 5.56 Å². The molecule has 26 heavy (non-hydrogen) atoms. The molecule has 0 amide bonds. The number of nitrogens with zero attached hydrogens (tertiary/aromatic N) is 2. The zero-order chi connectivity index (χ0) is 18.7. The first kappa shape index (κ1) is 17.9. The molecule has 0 radical (unpaired) electrons. The van der Waals surface area contributed by atoms with Gasteiger partial charge in [-0.15, -0.1) is 10.2 Å². The van der Waals surface area contributed by atoms with E-state index in [0.29, 0.717) is 17.4 Å². The van der Waals surface area contributed by atoms with Crippen molar-refractivity contribution in [2.45, 2.75) is 39.7 Å². The van der Waals surface area contributed by atoms with Crippen molar-refractivity contribution < 1.29 is 13.9 Å². The molecule has 0 aliphatic heterocycles. The number of ether oxygens (including phenoxy) is 1. The van der Waals surface area contributed by atoms with Crippen molar-refractivity contribution in [1.29, 1.82) is 0 Å². The number of carbonyl (C=O) groups excluding carboxylic acids is 1. The number of esters is 1. The molecule has 1 atom stereocenters. The van der Waals surface area contributed by atoms with Crippen LogP contribution in [0.2, 0.25) is 0 Å². The molecule has 3 rings (SSSR count). The highest BCUT2D eigenvalue weighted by Gasteiger charge is 2.20. The predicted molar refractivity (Wildman–Crippen MR) is 98.8 cm³/mol. The Morgan fingerprint density at radius 2 is 1.62 bits per heavy atom. The van der Waals surface area contributed by atoms with Crippen LogP contribution in [0.1, 0.15) is 60.2 Å². The van der Waals surface area contributed by atoms with Crippen LogP contribution in [0, 0.1) is 6.92 Å². The second-order valence-corrected chi connectivity index (χ2v) is 6.64. The summed E-state index contributed by atoms with van der Waals surface area (Å²) < 4.78 is 11.1. The molecule has 0 bridgehead atoms. The van der Waals surface area contributed by atoms with Crippen molar-refractivity contribution in [3.8, 4) is 11.5 Å². The molecule has 0 fully saturated rings. The molecule has 0 saturated heterocycles. The molecule has 5 heteroatoms. The first-order chi connectivity index (χ1) is 12.4. The Morgan fingerprint density at radius 1 is 0.962 bits per heavy atom. The van der Waals surface area contributed by atoms with Crippen molar-refractivity contribution in [3.05, 3.63) is 71.1 Å². The Bertz CT molecular complexity index is 880. The Balaban J connectivity index is 1.68. The highest BCUT2D eigenvalue weighted by atomic mass is 16.6. The fourth-order valence-corrected chi connectivity index (χ4v) is 2.49. The van der Waals surface area contributed by atoms with Gasteiger partial charge in [-0.1, -0.05) is 43.7 Å². The monoisotopic (exact) mass is 350 g/mol. The molecular formula is C21H22N2O3. The fourth-order valence-electron chi connectivity index (χ4n) is 2.49. The SMILES string of the molecule is Cc1ccc(-c2nnc(C(C)OC(=O)c3ccc(C(C)C)cc3)o2)cc1. The summed E-state index contributed by atoms with van der Waals surface area (Å²) in [5.74, 6) is 0.678. The van der Waals surface area contributed by atoms with E-state index in [1.54, 1.807) is 19.1 Å². The number of carbonyl (C=O) groups is 1. The predicted octanol–water partition coefficient (Wildman–Crippen LogP) is 5.09. The quantitative estimate of drug-likeness (QED) is 0.600. The zero-order valence-electron chi connectivity index (χ0n) is 15.4. The lowest BCUT2D eigenvalue weighted by molar-refractivity contribution is 0.0280. The van der Waals surface area contributed by atoms with Crippen molar-refractivity contribution in [3.63, 3.8) is 0 Å². The van der Waals surface area contributed by atoms with Gasteiger partial charge in [-0.25, -0.2) is 4.79 Å². The Labute approximate surface area is 153 Å². The Kier molecular flexibility index (Phi) is 5.16. The smallest absolute Gasteiger partial charge is 0.338 e. The van der Waals surface area contributed by atoms with E-state index in [-0.39, 0.29) is 5.89 Å². The van der Waals surface area contributed by atoms with Gasteiger partial charge in [0.25, 0.3) is 5.89 Å². The van der Waals surface area contributed by atoms with Crippen LogP contribution in [-0.4, -0.2) is 16.2 Å². The molecule has 0 spiro atoms. The summed E-state index contributed by atoms with van der Waals surface area (Å²) in [6.45, 7) is 7.94. The van der Waals surface area contributed by atoms with Gasteiger partial charge in [0.15, 0.2) is 6.10 Å². The van der Waals surface area contributed by atoms with Gasteiger partial charge < -0.3 is 9.15 Å². The van der Waals surface area contributed by atoms with Gasteiger partial charge in [0.1, 0.15) is 0 Å². The van der Waals surface area contributed by atoms with Gasteiger partial charge in [0.2, 0.25) is 5.89 Å². The molecule has 3 aromatic rings. The van der Waals surface area contributed by atoms with E-state index in [0.717, 1.165) is 11.1 Å². The van der Waals surface area contributed by atoms with Gasteiger partial charge >= 0.3 is 5.97 Å². The summed E-state index contributed by atoms with van der Waals surface area (Å²) >= 11 is 0. The van der Waals surface area contributed by atoms with Crippen molar-refractivity contribution in [1.82, 2.24) is 10.2 Å². The molecule has 2 aromatic carbocycles. The summed E-state index contributed by atoms with van der Waals surface area (Å²) in [7, 11) is 0. The van der Waals surface area contributed by atoms with E-state index in [9.17, 15) is 4.79 Å². The lowest BCUT2D eigenvalue weighted by Crippen LogP contribution is -2.09. The number of hydrogen-bond acceptors (Lipinski definition) is 5. The molecule has 5 nitrogen and oxygen atoms in total. The molecule has 1 aromatic heterocycles. The van der Waals surface area contributed by atoms with Gasteiger partial charge in [-0.3, -0.25) is 0 Å². The average Bonchev–Trinajstić information content (AvgIpc) is 3.12. The number of hydrogen-bond donors (Lipinski definition) is 0. The Morgan fingerprint density at radius 3 is 2.23 bits per heavy atom. The zero-order valence-corrected chi connectivity index (χ0v) is 15.4. The molecule has 134 valence electrons. The molecule has 1 heterocycles. The normalized spacial score (nSPS) is 12.2. The lowest BCUT2D eigenvalue weighted by Gasteiger charge is -2.10. The minimum atomic E-state index is -0.626. The third-order valence-electron chi connectivity index (χ3n) is 4.18. The minimum Gasteiger partial charge on any atom is -0.449 e. The maximum atomic E-state index is 12.3. The minimum absolute atomic E-state index is 0.271. The summed E-state index contributed by atoms with van der Waals surface area (Å²) in [6.07, 6.45) is -0.626. The molecule has 0 N–H and O–H groups in total. The largest absolute Gasteiger partial charge is 0.449 e. The van der Waals surface area contributed by atoms with E-state index < -0.39 is 12.1 Å². The van der Waals surface area contributed by atoms with Gasteiger partial charge in [0.05, 0.1) is 5.56 Å². The fraction of sp³-hybridized carbons (Fsp3) is 0.286. The van der Waals surface area contributed by atoms with E-state index >= 15 is 0 Å². The van der Waals surface area contributed by atoms with E-state index in [1.807, 2.05) is 43.3 Å². The van der Waals surface area contributed by atoms with Crippen molar-refractivity contribution in [2.75, 3.05) is 0 Å². The second kappa shape index (κ2) is 7.52. The number of benzene rings is 2. The second-order valence-electron chi connectivity index (χ2n) is 6.64. The van der Waals surface area contributed by atoms with Gasteiger partial charge in [-0.2, -0.15) is 0 Å². The van der Waals surface area contributed by atoms with E-state index in [1.165, 1.54) is 5.56 Å². The number of rotatable bonds is 5. The third kappa shape index (κ3) is 3.99. The molecule has 0 aliphatic carbocycles. The van der Waals surface area contributed by atoms with E-state index in [2.05, 4.69) is 24.0 Å². The van der Waals surface area contributed by atoms with Crippen LogP contribution in [0.5, 0.6) is 0 Å². The first-order valence-corrected chi connectivity index (χ1v) is 8.65. The van der Waals surface area contributed by atoms with E-state index in [4.69, 9.17) is 9.15 Å². The summed E-state index contributed by atoms with van der Waals surface area (Å²) in [5, 5.41) is 8.05. The standard InChI is InChI=1S/C21H22N2O3/c1-13(2)16-9-11-18(12-10-16)21(24)25-15(4)19-22-23-20(26-19)17-7-5-14(3)6-8-17/h5-13,15H,1-4H3. The number of aryl methyl sites for hydroxylation is 1. The van der Waals surface area contributed by atoms with Crippen LogP contribution in [0.25, 0.3) is 11.5 Å². The summed E-state index contributed by atoms with van der Waals surface area (Å²) in [4.78, 5) is 12.3. The number of aromatic nitrogens is 2. The average molecular weight is 350 g/mol. The van der Waals surface area contributed by atoms with Crippen LogP contribution in [0.15, 0.2) is 52.9 Å². The molecular weight excluding hydrogens is 328 g/mol. The topological polar surface area (TPSA) is 65.2 Å². The maximum Gasteiger partial charge on any atom is 0.338 e. The van der Waals surface area contributed by atoms with Crippen molar-refractivity contribution in [2.24, 2.45) is 0 Å². The molecule has 1 unspecified atom stereocenters. The first-order valence-electron chi connectivity index (χ1n) is 8.65. The highest BCUT2D eigenvalue weighted by Crippen LogP contribution is 2.24. The van der Waals surface area contributed by atoms with Gasteiger partial charge in [-0.05, 0) is 49.6 Å². The van der Waals surface area contributed by atoms with Crippen molar-refractivity contribution >= 4 is 5.97 Å². The van der Waals surface area contributed by atoms with Crippen LogP contribution < -0.4 is 0 Å². The summed E-state index contributed by atoms with van der Waals surface area (Å²) in [5.41, 5.74) is 3.66. The van der Waals surface area contributed by atoms with Crippen LogP contribution in [0.3, 0.4) is 0 Å². The highest BCUT2D eigenvalue weighted by molar-refractivity contribution is 5.89.